The predicted molar refractivity (Wildman–Crippen MR) is 125 cm³/mol. The van der Waals surface area contributed by atoms with Crippen molar-refractivity contribution in [3.63, 3.8) is 0 Å². The third kappa shape index (κ3) is 5.45. The molecule has 0 unspecified atom stereocenters. The molecule has 0 radical (unpaired) electrons. The van der Waals surface area contributed by atoms with Crippen LogP contribution in [-0.4, -0.2) is 74.9 Å². The quantitative estimate of drug-likeness (QED) is 0.769. The maximum Gasteiger partial charge on any atom is 0.323 e. The van der Waals surface area contributed by atoms with Crippen LogP contribution >= 0.6 is 0 Å². The fraction of sp³-hybridized carbons (Fsp3) is 0.478. The van der Waals surface area contributed by atoms with Crippen molar-refractivity contribution in [2.75, 3.05) is 79.5 Å². The molecular weight excluding hydrogens is 392 g/mol. The van der Waals surface area contributed by atoms with E-state index < -0.39 is 0 Å². The molecule has 8 nitrogen and oxygen atoms in total. The lowest BCUT2D eigenvalue weighted by Crippen LogP contribution is -2.46. The number of anilines is 4. The monoisotopic (exact) mass is 424 g/mol. The van der Waals surface area contributed by atoms with Gasteiger partial charge in [-0.25, -0.2) is 9.78 Å². The number of hydrogen-bond acceptors (Lipinski definition) is 6. The van der Waals surface area contributed by atoms with Crippen LogP contribution in [0.2, 0.25) is 0 Å². The van der Waals surface area contributed by atoms with Crippen molar-refractivity contribution in [3.05, 3.63) is 42.1 Å². The molecule has 0 atom stereocenters. The van der Waals surface area contributed by atoms with Gasteiger partial charge in [-0.2, -0.15) is 0 Å². The first kappa shape index (κ1) is 21.4. The van der Waals surface area contributed by atoms with E-state index in [4.69, 9.17) is 4.74 Å². The van der Waals surface area contributed by atoms with E-state index in [0.717, 1.165) is 76.1 Å². The first-order chi connectivity index (χ1) is 15.1. The first-order valence-electron chi connectivity index (χ1n) is 11.1. The van der Waals surface area contributed by atoms with Gasteiger partial charge >= 0.3 is 6.03 Å². The Morgan fingerprint density at radius 1 is 1.00 bits per heavy atom. The van der Waals surface area contributed by atoms with Crippen molar-refractivity contribution in [2.24, 2.45) is 0 Å². The van der Waals surface area contributed by atoms with E-state index >= 15 is 0 Å². The van der Waals surface area contributed by atoms with Gasteiger partial charge in [0.05, 0.1) is 25.1 Å². The molecule has 1 aromatic heterocycles. The predicted octanol–water partition coefficient (Wildman–Crippen LogP) is 3.01. The maximum absolute atomic E-state index is 12.5. The zero-order chi connectivity index (χ0) is 21.6. The Bertz CT molecular complexity index is 874. The number of rotatable bonds is 5. The summed E-state index contributed by atoms with van der Waals surface area (Å²) < 4.78 is 5.38. The van der Waals surface area contributed by atoms with Crippen LogP contribution in [0.25, 0.3) is 0 Å². The molecule has 0 spiro atoms. The molecule has 0 aliphatic carbocycles. The van der Waals surface area contributed by atoms with Gasteiger partial charge in [0, 0.05) is 50.6 Å². The molecule has 31 heavy (non-hydrogen) atoms. The summed E-state index contributed by atoms with van der Waals surface area (Å²) in [5, 5.41) is 5.82. The topological polar surface area (TPSA) is 73.0 Å². The summed E-state index contributed by atoms with van der Waals surface area (Å²) in [7, 11) is 0. The number of morpholine rings is 1. The Kier molecular flexibility index (Phi) is 6.89. The SMILES string of the molecule is CCN1CCN(c2ccc(NC(=O)Nc3ccc(N4CCOCC4)nc3)c(C)c2)CC1. The van der Waals surface area contributed by atoms with Crippen molar-refractivity contribution in [1.82, 2.24) is 9.88 Å². The summed E-state index contributed by atoms with van der Waals surface area (Å²) in [6.45, 7) is 12.7. The van der Waals surface area contributed by atoms with Gasteiger partial charge in [0.1, 0.15) is 5.82 Å². The lowest BCUT2D eigenvalue weighted by molar-refractivity contribution is 0.122. The molecule has 166 valence electrons. The van der Waals surface area contributed by atoms with Gasteiger partial charge in [0.15, 0.2) is 0 Å². The minimum atomic E-state index is -0.270. The number of pyridine rings is 1. The van der Waals surface area contributed by atoms with Gasteiger partial charge in [-0.15, -0.1) is 0 Å². The summed E-state index contributed by atoms with van der Waals surface area (Å²) >= 11 is 0. The number of aromatic nitrogens is 1. The highest BCUT2D eigenvalue weighted by atomic mass is 16.5. The summed E-state index contributed by atoms with van der Waals surface area (Å²) in [5.41, 5.74) is 3.73. The molecule has 2 N–H and O–H groups in total. The number of carbonyl (C=O) groups excluding carboxylic acids is 1. The van der Waals surface area contributed by atoms with Crippen molar-refractivity contribution in [3.8, 4) is 0 Å². The summed E-state index contributed by atoms with van der Waals surface area (Å²) in [4.78, 5) is 24.0. The number of amides is 2. The molecule has 0 saturated carbocycles. The zero-order valence-corrected chi connectivity index (χ0v) is 18.4. The van der Waals surface area contributed by atoms with Gasteiger partial charge in [-0.1, -0.05) is 6.92 Å². The smallest absolute Gasteiger partial charge is 0.323 e. The maximum atomic E-state index is 12.5. The number of likely N-dealkylation sites (N-methyl/N-ethyl adjacent to an activating group) is 1. The lowest BCUT2D eigenvalue weighted by Gasteiger charge is -2.35. The van der Waals surface area contributed by atoms with Gasteiger partial charge in [-0.05, 0) is 49.4 Å². The fourth-order valence-corrected chi connectivity index (χ4v) is 4.03. The largest absolute Gasteiger partial charge is 0.378 e. The number of benzene rings is 1. The van der Waals surface area contributed by atoms with Crippen LogP contribution in [0.1, 0.15) is 12.5 Å². The molecule has 8 heteroatoms. The van der Waals surface area contributed by atoms with Gasteiger partial charge in [0.25, 0.3) is 0 Å². The lowest BCUT2D eigenvalue weighted by atomic mass is 10.1. The van der Waals surface area contributed by atoms with Crippen molar-refractivity contribution in [1.29, 1.82) is 0 Å². The Morgan fingerprint density at radius 2 is 1.77 bits per heavy atom. The van der Waals surface area contributed by atoms with Crippen molar-refractivity contribution < 1.29 is 9.53 Å². The van der Waals surface area contributed by atoms with E-state index in [2.05, 4.69) is 49.4 Å². The minimum absolute atomic E-state index is 0.270. The molecule has 3 heterocycles. The average Bonchev–Trinajstić information content (AvgIpc) is 2.81. The number of aryl methyl sites for hydroxylation is 1. The second-order valence-corrected chi connectivity index (χ2v) is 8.00. The summed E-state index contributed by atoms with van der Waals surface area (Å²) in [6, 6.07) is 9.76. The van der Waals surface area contributed by atoms with Gasteiger partial charge < -0.3 is 30.1 Å². The second-order valence-electron chi connectivity index (χ2n) is 8.00. The van der Waals surface area contributed by atoms with E-state index in [-0.39, 0.29) is 6.03 Å². The van der Waals surface area contributed by atoms with Crippen LogP contribution in [0, 0.1) is 6.92 Å². The number of urea groups is 1. The van der Waals surface area contributed by atoms with Crippen LogP contribution < -0.4 is 20.4 Å². The summed E-state index contributed by atoms with van der Waals surface area (Å²) in [6.07, 6.45) is 1.69. The summed E-state index contributed by atoms with van der Waals surface area (Å²) in [5.74, 6) is 0.903. The van der Waals surface area contributed by atoms with Crippen LogP contribution in [0.15, 0.2) is 36.5 Å². The van der Waals surface area contributed by atoms with Crippen LogP contribution in [0.4, 0.5) is 27.7 Å². The van der Waals surface area contributed by atoms with E-state index in [0.29, 0.717) is 5.69 Å². The zero-order valence-electron chi connectivity index (χ0n) is 18.4. The van der Waals surface area contributed by atoms with Crippen molar-refractivity contribution >= 4 is 28.9 Å². The fourth-order valence-electron chi connectivity index (χ4n) is 4.03. The molecule has 2 aliphatic rings. The standard InChI is InChI=1S/C23H32N6O2/c1-3-27-8-10-28(11-9-27)20-5-6-21(18(2)16-20)26-23(30)25-19-4-7-22(24-17-19)29-12-14-31-15-13-29/h4-7,16-17H,3,8-15H2,1-2H3,(H2,25,26,30). The normalized spacial score (nSPS) is 17.5. The molecule has 0 bridgehead atoms. The third-order valence-corrected chi connectivity index (χ3v) is 5.98. The number of hydrogen-bond donors (Lipinski definition) is 2. The van der Waals surface area contributed by atoms with Crippen LogP contribution in [-0.2, 0) is 4.74 Å². The highest BCUT2D eigenvalue weighted by Gasteiger charge is 2.17. The molecule has 2 aliphatic heterocycles. The van der Waals surface area contributed by atoms with E-state index in [1.54, 1.807) is 6.20 Å². The van der Waals surface area contributed by atoms with Crippen LogP contribution in [0.5, 0.6) is 0 Å². The van der Waals surface area contributed by atoms with Crippen molar-refractivity contribution in [2.45, 2.75) is 13.8 Å². The molecule has 2 amide bonds. The Labute approximate surface area is 184 Å². The number of carbonyl (C=O) groups is 1. The minimum Gasteiger partial charge on any atom is -0.378 e. The Balaban J connectivity index is 1.32. The number of nitrogens with one attached hydrogen (secondary N) is 2. The van der Waals surface area contributed by atoms with Crippen LogP contribution in [0.3, 0.4) is 0 Å². The molecule has 2 saturated heterocycles. The molecule has 2 aromatic rings. The molecule has 4 rings (SSSR count). The molecule has 2 fully saturated rings. The molecule has 1 aromatic carbocycles. The van der Waals surface area contributed by atoms with Gasteiger partial charge in [-0.3, -0.25) is 0 Å². The van der Waals surface area contributed by atoms with E-state index in [1.807, 2.05) is 25.1 Å². The second kappa shape index (κ2) is 9.98. The highest BCUT2D eigenvalue weighted by Crippen LogP contribution is 2.24. The Hall–Kier alpha value is -2.84. The Morgan fingerprint density at radius 3 is 2.42 bits per heavy atom. The van der Waals surface area contributed by atoms with E-state index in [1.165, 1.54) is 5.69 Å². The van der Waals surface area contributed by atoms with Gasteiger partial charge in [0.2, 0.25) is 0 Å². The number of piperazine rings is 1. The van der Waals surface area contributed by atoms with E-state index in [9.17, 15) is 4.79 Å². The number of ether oxygens (including phenoxy) is 1. The first-order valence-corrected chi connectivity index (χ1v) is 11.1. The average molecular weight is 425 g/mol. The highest BCUT2D eigenvalue weighted by molar-refractivity contribution is 6.00. The third-order valence-electron chi connectivity index (χ3n) is 5.98. The molecular formula is C23H32N6O2. The number of nitrogens with zero attached hydrogens (tertiary/aromatic N) is 4.